The zero-order valence-electron chi connectivity index (χ0n) is 14.4. The summed E-state index contributed by atoms with van der Waals surface area (Å²) in [4.78, 5) is 14.4. The summed E-state index contributed by atoms with van der Waals surface area (Å²) in [5.74, 6) is 0.262. The van der Waals surface area contributed by atoms with Crippen molar-refractivity contribution in [2.45, 2.75) is 32.6 Å². The van der Waals surface area contributed by atoms with Gasteiger partial charge in [-0.3, -0.25) is 4.79 Å². The minimum Gasteiger partial charge on any atom is -0.339 e. The van der Waals surface area contributed by atoms with Crippen LogP contribution in [0.1, 0.15) is 36.5 Å². The summed E-state index contributed by atoms with van der Waals surface area (Å²) in [6, 6.07) is 19.1. The van der Waals surface area contributed by atoms with Crippen molar-refractivity contribution in [3.05, 3.63) is 77.4 Å². The SMILES string of the molecule is CCc1ccc(CCC(=O)N2CC=C(c3ccccc3)CC2)cc1. The smallest absolute Gasteiger partial charge is 0.223 e. The molecule has 0 bridgehead atoms. The van der Waals surface area contributed by atoms with Crippen LogP contribution in [0.15, 0.2) is 60.7 Å². The first kappa shape index (κ1) is 16.5. The molecule has 24 heavy (non-hydrogen) atoms. The Kier molecular flexibility index (Phi) is 5.47. The van der Waals surface area contributed by atoms with Gasteiger partial charge in [-0.15, -0.1) is 0 Å². The maximum absolute atomic E-state index is 12.4. The van der Waals surface area contributed by atoms with Crippen LogP contribution in [0.5, 0.6) is 0 Å². The molecule has 0 radical (unpaired) electrons. The molecule has 2 aromatic carbocycles. The van der Waals surface area contributed by atoms with E-state index < -0.39 is 0 Å². The average Bonchev–Trinajstić information content (AvgIpc) is 2.67. The van der Waals surface area contributed by atoms with Crippen LogP contribution in [0.25, 0.3) is 5.57 Å². The molecule has 0 saturated heterocycles. The van der Waals surface area contributed by atoms with Crippen LogP contribution in [-0.4, -0.2) is 23.9 Å². The number of rotatable bonds is 5. The summed E-state index contributed by atoms with van der Waals surface area (Å²) in [5, 5.41) is 0. The third kappa shape index (κ3) is 4.14. The molecule has 1 amide bonds. The lowest BCUT2D eigenvalue weighted by atomic mass is 9.99. The highest BCUT2D eigenvalue weighted by Gasteiger charge is 2.17. The summed E-state index contributed by atoms with van der Waals surface area (Å²) < 4.78 is 0. The molecule has 1 aliphatic heterocycles. The Morgan fingerprint density at radius 2 is 1.71 bits per heavy atom. The monoisotopic (exact) mass is 319 g/mol. The minimum atomic E-state index is 0.262. The van der Waals surface area contributed by atoms with Crippen molar-refractivity contribution in [2.24, 2.45) is 0 Å². The van der Waals surface area contributed by atoms with Crippen molar-refractivity contribution in [3.8, 4) is 0 Å². The topological polar surface area (TPSA) is 20.3 Å². The van der Waals surface area contributed by atoms with E-state index in [4.69, 9.17) is 0 Å². The predicted octanol–water partition coefficient (Wildman–Crippen LogP) is 4.50. The molecule has 0 spiro atoms. The molecule has 0 unspecified atom stereocenters. The number of benzene rings is 2. The molecule has 124 valence electrons. The molecule has 0 saturated carbocycles. The van der Waals surface area contributed by atoms with Crippen molar-refractivity contribution >= 4 is 11.5 Å². The zero-order valence-corrected chi connectivity index (χ0v) is 14.4. The van der Waals surface area contributed by atoms with Crippen LogP contribution in [0, 0.1) is 0 Å². The third-order valence-corrected chi connectivity index (χ3v) is 4.77. The fourth-order valence-electron chi connectivity index (χ4n) is 3.16. The van der Waals surface area contributed by atoms with Gasteiger partial charge in [0.1, 0.15) is 0 Å². The third-order valence-electron chi connectivity index (χ3n) is 4.77. The maximum atomic E-state index is 12.4. The van der Waals surface area contributed by atoms with Gasteiger partial charge in [-0.25, -0.2) is 0 Å². The van der Waals surface area contributed by atoms with E-state index in [0.29, 0.717) is 6.42 Å². The van der Waals surface area contributed by atoms with Crippen molar-refractivity contribution in [3.63, 3.8) is 0 Å². The fourth-order valence-corrected chi connectivity index (χ4v) is 3.16. The van der Waals surface area contributed by atoms with Crippen LogP contribution in [0.3, 0.4) is 0 Å². The molecule has 2 nitrogen and oxygen atoms in total. The van der Waals surface area contributed by atoms with Gasteiger partial charge in [-0.2, -0.15) is 0 Å². The van der Waals surface area contributed by atoms with Gasteiger partial charge in [0.25, 0.3) is 0 Å². The average molecular weight is 319 g/mol. The first-order valence-corrected chi connectivity index (χ1v) is 8.86. The fraction of sp³-hybridized carbons (Fsp3) is 0.318. The highest BCUT2D eigenvalue weighted by Crippen LogP contribution is 2.22. The van der Waals surface area contributed by atoms with E-state index in [0.717, 1.165) is 32.4 Å². The Balaban J connectivity index is 1.52. The summed E-state index contributed by atoms with van der Waals surface area (Å²) >= 11 is 0. The maximum Gasteiger partial charge on any atom is 0.223 e. The Labute approximate surface area is 144 Å². The number of carbonyl (C=O) groups excluding carboxylic acids is 1. The Morgan fingerprint density at radius 1 is 1.00 bits per heavy atom. The predicted molar refractivity (Wildman–Crippen MR) is 99.8 cm³/mol. The Bertz CT molecular complexity index is 701. The summed E-state index contributed by atoms with van der Waals surface area (Å²) in [5.41, 5.74) is 5.23. The summed E-state index contributed by atoms with van der Waals surface area (Å²) in [6.07, 6.45) is 5.63. The van der Waals surface area contributed by atoms with Gasteiger partial charge in [0.2, 0.25) is 5.91 Å². The lowest BCUT2D eigenvalue weighted by Crippen LogP contribution is -2.34. The van der Waals surface area contributed by atoms with Gasteiger partial charge in [0, 0.05) is 19.5 Å². The number of hydrogen-bond acceptors (Lipinski definition) is 1. The number of hydrogen-bond donors (Lipinski definition) is 0. The standard InChI is InChI=1S/C22H25NO/c1-2-18-8-10-19(11-9-18)12-13-22(24)23-16-14-21(15-17-23)20-6-4-3-5-7-20/h3-11,14H,2,12-13,15-17H2,1H3. The molecule has 2 heteroatoms. The Morgan fingerprint density at radius 3 is 2.33 bits per heavy atom. The second kappa shape index (κ2) is 7.96. The molecular weight excluding hydrogens is 294 g/mol. The van der Waals surface area contributed by atoms with Crippen LogP contribution in [0.2, 0.25) is 0 Å². The molecule has 0 aromatic heterocycles. The molecule has 0 N–H and O–H groups in total. The van der Waals surface area contributed by atoms with E-state index in [2.05, 4.69) is 61.5 Å². The number of nitrogens with zero attached hydrogens (tertiary/aromatic N) is 1. The van der Waals surface area contributed by atoms with Crippen LogP contribution in [-0.2, 0) is 17.6 Å². The van der Waals surface area contributed by atoms with Crippen molar-refractivity contribution < 1.29 is 4.79 Å². The van der Waals surface area contributed by atoms with Gasteiger partial charge < -0.3 is 4.90 Å². The normalized spacial score (nSPS) is 14.4. The highest BCUT2D eigenvalue weighted by atomic mass is 16.2. The van der Waals surface area contributed by atoms with Crippen LogP contribution < -0.4 is 0 Å². The van der Waals surface area contributed by atoms with E-state index in [1.54, 1.807) is 0 Å². The van der Waals surface area contributed by atoms with E-state index in [1.165, 1.54) is 22.3 Å². The second-order valence-corrected chi connectivity index (χ2v) is 6.36. The van der Waals surface area contributed by atoms with E-state index in [9.17, 15) is 4.79 Å². The lowest BCUT2D eigenvalue weighted by Gasteiger charge is -2.27. The van der Waals surface area contributed by atoms with Gasteiger partial charge in [-0.05, 0) is 41.5 Å². The summed E-state index contributed by atoms with van der Waals surface area (Å²) in [7, 11) is 0. The van der Waals surface area contributed by atoms with Crippen LogP contribution >= 0.6 is 0 Å². The molecule has 3 rings (SSSR count). The summed E-state index contributed by atoms with van der Waals surface area (Å²) in [6.45, 7) is 3.72. The van der Waals surface area contributed by atoms with E-state index in [1.807, 2.05) is 11.0 Å². The quantitative estimate of drug-likeness (QED) is 0.795. The first-order chi connectivity index (χ1) is 11.8. The largest absolute Gasteiger partial charge is 0.339 e. The van der Waals surface area contributed by atoms with E-state index in [-0.39, 0.29) is 5.91 Å². The molecular formula is C22H25NO. The number of amides is 1. The Hall–Kier alpha value is -2.35. The molecule has 0 fully saturated rings. The van der Waals surface area contributed by atoms with Gasteiger partial charge in [-0.1, -0.05) is 67.6 Å². The molecule has 2 aromatic rings. The molecule has 0 aliphatic carbocycles. The van der Waals surface area contributed by atoms with Crippen molar-refractivity contribution in [1.82, 2.24) is 4.90 Å². The van der Waals surface area contributed by atoms with Gasteiger partial charge in [0.05, 0.1) is 0 Å². The number of aryl methyl sites for hydroxylation is 2. The minimum absolute atomic E-state index is 0.262. The first-order valence-electron chi connectivity index (χ1n) is 8.86. The zero-order chi connectivity index (χ0) is 16.8. The van der Waals surface area contributed by atoms with Crippen molar-refractivity contribution in [1.29, 1.82) is 0 Å². The van der Waals surface area contributed by atoms with Gasteiger partial charge >= 0.3 is 0 Å². The van der Waals surface area contributed by atoms with Crippen LogP contribution in [0.4, 0.5) is 0 Å². The molecule has 1 heterocycles. The number of carbonyl (C=O) groups is 1. The van der Waals surface area contributed by atoms with Gasteiger partial charge in [0.15, 0.2) is 0 Å². The lowest BCUT2D eigenvalue weighted by molar-refractivity contribution is -0.130. The molecule has 1 aliphatic rings. The van der Waals surface area contributed by atoms with Crippen molar-refractivity contribution in [2.75, 3.05) is 13.1 Å². The molecule has 0 atom stereocenters. The van der Waals surface area contributed by atoms with E-state index >= 15 is 0 Å². The second-order valence-electron chi connectivity index (χ2n) is 6.36. The highest BCUT2D eigenvalue weighted by molar-refractivity contribution is 5.78.